The lowest BCUT2D eigenvalue weighted by atomic mass is 10.1. The minimum Gasteiger partial charge on any atom is -0.351 e. The molecule has 3 aromatic rings. The highest BCUT2D eigenvalue weighted by molar-refractivity contribution is 5.95. The SMILES string of the molecule is Cn1nnc2c(N3CCN(C(=O)c4c(F)cccc4F)CC3)ncnc21. The third-order valence-corrected chi connectivity index (χ3v) is 4.41. The summed E-state index contributed by atoms with van der Waals surface area (Å²) < 4.78 is 29.2. The average Bonchev–Trinajstić information content (AvgIpc) is 3.03. The molecule has 3 heterocycles. The molecule has 1 fully saturated rings. The molecule has 134 valence electrons. The van der Waals surface area contributed by atoms with Crippen molar-refractivity contribution >= 4 is 22.9 Å². The van der Waals surface area contributed by atoms with Crippen LogP contribution >= 0.6 is 0 Å². The fourth-order valence-electron chi connectivity index (χ4n) is 3.05. The third kappa shape index (κ3) is 2.63. The Morgan fingerprint density at radius 3 is 2.46 bits per heavy atom. The van der Waals surface area contributed by atoms with E-state index in [1.54, 1.807) is 11.7 Å². The highest BCUT2D eigenvalue weighted by Crippen LogP contribution is 2.22. The molecule has 1 aliphatic rings. The molecule has 1 aromatic carbocycles. The summed E-state index contributed by atoms with van der Waals surface area (Å²) in [5.41, 5.74) is 0.677. The average molecular weight is 359 g/mol. The smallest absolute Gasteiger partial charge is 0.259 e. The van der Waals surface area contributed by atoms with E-state index >= 15 is 0 Å². The van der Waals surface area contributed by atoms with Crippen LogP contribution in [0.4, 0.5) is 14.6 Å². The number of hydrogen-bond acceptors (Lipinski definition) is 6. The number of aromatic nitrogens is 5. The minimum atomic E-state index is -0.852. The van der Waals surface area contributed by atoms with Gasteiger partial charge in [-0.25, -0.2) is 23.4 Å². The maximum absolute atomic E-state index is 13.8. The molecule has 1 aliphatic heterocycles. The first-order chi connectivity index (χ1) is 12.6. The molecular formula is C16H15F2N7O. The van der Waals surface area contributed by atoms with Crippen LogP contribution in [0.1, 0.15) is 10.4 Å². The maximum atomic E-state index is 13.8. The molecule has 2 aromatic heterocycles. The first-order valence-electron chi connectivity index (χ1n) is 8.05. The lowest BCUT2D eigenvalue weighted by molar-refractivity contribution is 0.0736. The second-order valence-electron chi connectivity index (χ2n) is 5.96. The van der Waals surface area contributed by atoms with Crippen LogP contribution < -0.4 is 4.90 Å². The predicted molar refractivity (Wildman–Crippen MR) is 88.6 cm³/mol. The minimum absolute atomic E-state index is 0.318. The Balaban J connectivity index is 1.53. The molecular weight excluding hydrogens is 344 g/mol. The lowest BCUT2D eigenvalue weighted by Gasteiger charge is -2.35. The standard InChI is InChI=1S/C16H15F2N7O/c1-23-14-13(21-22-23)15(20-9-19-14)24-5-7-25(8-6-24)16(26)12-10(17)3-2-4-11(12)18/h2-4,9H,5-8H2,1H3. The summed E-state index contributed by atoms with van der Waals surface area (Å²) in [5, 5.41) is 8.03. The molecule has 0 aliphatic carbocycles. The molecule has 1 amide bonds. The van der Waals surface area contributed by atoms with Crippen LogP contribution in [0.15, 0.2) is 24.5 Å². The number of halogens is 2. The number of rotatable bonds is 2. The Hall–Kier alpha value is -3.17. The summed E-state index contributed by atoms with van der Waals surface area (Å²) in [4.78, 5) is 24.3. The second-order valence-corrected chi connectivity index (χ2v) is 5.96. The van der Waals surface area contributed by atoms with Crippen molar-refractivity contribution in [3.8, 4) is 0 Å². The number of hydrogen-bond donors (Lipinski definition) is 0. The number of aryl methyl sites for hydroxylation is 1. The van der Waals surface area contributed by atoms with Gasteiger partial charge >= 0.3 is 0 Å². The number of amides is 1. The Bertz CT molecular complexity index is 962. The van der Waals surface area contributed by atoms with E-state index in [0.29, 0.717) is 43.2 Å². The zero-order valence-corrected chi connectivity index (χ0v) is 13.9. The van der Waals surface area contributed by atoms with Crippen LogP contribution in [0.5, 0.6) is 0 Å². The van der Waals surface area contributed by atoms with Gasteiger partial charge in [0.1, 0.15) is 23.5 Å². The Morgan fingerprint density at radius 2 is 1.77 bits per heavy atom. The molecule has 0 spiro atoms. The van der Waals surface area contributed by atoms with E-state index in [0.717, 1.165) is 12.1 Å². The zero-order chi connectivity index (χ0) is 18.3. The Labute approximate surface area is 147 Å². The monoisotopic (exact) mass is 359 g/mol. The lowest BCUT2D eigenvalue weighted by Crippen LogP contribution is -2.49. The van der Waals surface area contributed by atoms with Crippen LogP contribution in [0.25, 0.3) is 11.2 Å². The highest BCUT2D eigenvalue weighted by Gasteiger charge is 2.28. The number of benzene rings is 1. The number of carbonyl (C=O) groups is 1. The number of anilines is 1. The van der Waals surface area contributed by atoms with Crippen LogP contribution in [0, 0.1) is 11.6 Å². The van der Waals surface area contributed by atoms with Crippen molar-refractivity contribution in [2.45, 2.75) is 0 Å². The van der Waals surface area contributed by atoms with Crippen LogP contribution in [0.3, 0.4) is 0 Å². The summed E-state index contributed by atoms with van der Waals surface area (Å²) in [6, 6.07) is 3.40. The predicted octanol–water partition coefficient (Wildman–Crippen LogP) is 0.999. The number of fused-ring (bicyclic) bond motifs is 1. The van der Waals surface area contributed by atoms with Crippen LogP contribution in [-0.2, 0) is 7.05 Å². The molecule has 0 atom stereocenters. The van der Waals surface area contributed by atoms with Crippen molar-refractivity contribution in [2.75, 3.05) is 31.1 Å². The van der Waals surface area contributed by atoms with Crippen molar-refractivity contribution in [2.24, 2.45) is 7.05 Å². The summed E-state index contributed by atoms with van der Waals surface area (Å²) in [6.45, 7) is 1.56. The molecule has 8 nitrogen and oxygen atoms in total. The molecule has 4 rings (SSSR count). The zero-order valence-electron chi connectivity index (χ0n) is 13.9. The van der Waals surface area contributed by atoms with Gasteiger partial charge in [-0.1, -0.05) is 11.3 Å². The number of nitrogens with zero attached hydrogens (tertiary/aromatic N) is 7. The van der Waals surface area contributed by atoms with Gasteiger partial charge in [-0.3, -0.25) is 4.79 Å². The molecule has 0 radical (unpaired) electrons. The van der Waals surface area contributed by atoms with E-state index in [1.807, 2.05) is 4.90 Å². The summed E-state index contributed by atoms with van der Waals surface area (Å²) in [5.74, 6) is -1.72. The summed E-state index contributed by atoms with van der Waals surface area (Å²) in [7, 11) is 1.74. The van der Waals surface area contributed by atoms with Crippen molar-refractivity contribution in [3.63, 3.8) is 0 Å². The molecule has 0 saturated carbocycles. The Morgan fingerprint density at radius 1 is 1.08 bits per heavy atom. The molecule has 0 bridgehead atoms. The summed E-state index contributed by atoms with van der Waals surface area (Å²) >= 11 is 0. The van der Waals surface area contributed by atoms with Crippen molar-refractivity contribution in [3.05, 3.63) is 41.7 Å². The van der Waals surface area contributed by atoms with Gasteiger partial charge in [0.25, 0.3) is 5.91 Å². The van der Waals surface area contributed by atoms with Crippen LogP contribution in [-0.4, -0.2) is 61.9 Å². The van der Waals surface area contributed by atoms with Gasteiger partial charge in [0.2, 0.25) is 0 Å². The molecule has 1 saturated heterocycles. The van der Waals surface area contributed by atoms with Crippen molar-refractivity contribution in [1.29, 1.82) is 0 Å². The Kier molecular flexibility index (Phi) is 3.94. The molecule has 0 N–H and O–H groups in total. The molecule has 26 heavy (non-hydrogen) atoms. The number of carbonyl (C=O) groups excluding carboxylic acids is 1. The molecule has 10 heteroatoms. The van der Waals surface area contributed by atoms with Gasteiger partial charge in [-0.15, -0.1) is 5.10 Å². The third-order valence-electron chi connectivity index (χ3n) is 4.41. The maximum Gasteiger partial charge on any atom is 0.259 e. The largest absolute Gasteiger partial charge is 0.351 e. The topological polar surface area (TPSA) is 80.0 Å². The van der Waals surface area contributed by atoms with Crippen molar-refractivity contribution in [1.82, 2.24) is 29.9 Å². The van der Waals surface area contributed by atoms with E-state index in [4.69, 9.17) is 0 Å². The second kappa shape index (κ2) is 6.28. The van der Waals surface area contributed by atoms with E-state index < -0.39 is 23.1 Å². The quantitative estimate of drug-likeness (QED) is 0.679. The van der Waals surface area contributed by atoms with Gasteiger partial charge in [0.05, 0.1) is 0 Å². The highest BCUT2D eigenvalue weighted by atomic mass is 19.1. The van der Waals surface area contributed by atoms with E-state index in [-0.39, 0.29) is 0 Å². The van der Waals surface area contributed by atoms with Gasteiger partial charge in [0, 0.05) is 33.2 Å². The van der Waals surface area contributed by atoms with Gasteiger partial charge < -0.3 is 9.80 Å². The van der Waals surface area contributed by atoms with Gasteiger partial charge in [0.15, 0.2) is 17.0 Å². The van der Waals surface area contributed by atoms with E-state index in [1.165, 1.54) is 17.3 Å². The first-order valence-corrected chi connectivity index (χ1v) is 8.05. The molecule has 0 unspecified atom stereocenters. The normalized spacial score (nSPS) is 14.9. The van der Waals surface area contributed by atoms with Crippen molar-refractivity contribution < 1.29 is 13.6 Å². The number of piperazine rings is 1. The van der Waals surface area contributed by atoms with Gasteiger partial charge in [-0.05, 0) is 12.1 Å². The van der Waals surface area contributed by atoms with E-state index in [2.05, 4.69) is 20.3 Å². The summed E-state index contributed by atoms with van der Waals surface area (Å²) in [6.07, 6.45) is 1.44. The van der Waals surface area contributed by atoms with E-state index in [9.17, 15) is 13.6 Å². The van der Waals surface area contributed by atoms with Crippen LogP contribution in [0.2, 0.25) is 0 Å². The first kappa shape index (κ1) is 16.3. The fraction of sp³-hybridized carbons (Fsp3) is 0.312. The van der Waals surface area contributed by atoms with Gasteiger partial charge in [-0.2, -0.15) is 0 Å². The fourth-order valence-corrected chi connectivity index (χ4v) is 3.05.